The van der Waals surface area contributed by atoms with E-state index in [0.717, 1.165) is 16.3 Å². The predicted molar refractivity (Wildman–Crippen MR) is 78.5 cm³/mol. The maximum Gasteiger partial charge on any atom is 0.341 e. The number of alkyl halides is 2. The first-order valence-electron chi connectivity index (χ1n) is 6.23. The molecule has 8 heteroatoms. The van der Waals surface area contributed by atoms with E-state index < -0.39 is 15.6 Å². The van der Waals surface area contributed by atoms with Crippen LogP contribution in [0, 0.1) is 0 Å². The Labute approximate surface area is 125 Å². The molecule has 0 unspecified atom stereocenters. The molecule has 2 aromatic rings. The number of halogens is 2. The Bertz CT molecular complexity index is 714. The molecule has 0 aliphatic heterocycles. The molecule has 0 saturated carbocycles. The Morgan fingerprint density at radius 2 is 2.05 bits per heavy atom. The van der Waals surface area contributed by atoms with Crippen LogP contribution >= 0.6 is 11.3 Å². The van der Waals surface area contributed by atoms with E-state index in [2.05, 4.69) is 10.3 Å². The highest BCUT2D eigenvalue weighted by Crippen LogP contribution is 2.27. The topological polar surface area (TPSA) is 59.1 Å². The molecule has 0 bridgehead atoms. The van der Waals surface area contributed by atoms with Crippen molar-refractivity contribution in [2.75, 3.05) is 5.32 Å². The number of aryl methyl sites for hydroxylation is 1. The van der Waals surface area contributed by atoms with Gasteiger partial charge in [-0.2, -0.15) is 8.78 Å². The maximum absolute atomic E-state index is 12.7. The summed E-state index contributed by atoms with van der Waals surface area (Å²) in [6.45, 7) is 2.33. The van der Waals surface area contributed by atoms with Crippen molar-refractivity contribution in [1.29, 1.82) is 0 Å². The van der Waals surface area contributed by atoms with Crippen LogP contribution in [0.3, 0.4) is 0 Å². The number of thiazole rings is 1. The van der Waals surface area contributed by atoms with Crippen LogP contribution in [0.4, 0.5) is 14.5 Å². The average Bonchev–Trinajstić information content (AvgIpc) is 2.93. The molecule has 4 nitrogen and oxygen atoms in total. The summed E-state index contributed by atoms with van der Waals surface area (Å²) in [6.07, 6.45) is 2.52. The maximum atomic E-state index is 12.7. The van der Waals surface area contributed by atoms with E-state index in [0.29, 0.717) is 6.54 Å². The number of para-hydroxylation sites is 1. The fourth-order valence-electron chi connectivity index (χ4n) is 1.73. The molecule has 0 spiro atoms. The minimum Gasteiger partial charge on any atom is -0.379 e. The molecule has 0 fully saturated rings. The standard InChI is InChI=1S/C13H14F2N2O2S2/c1-2-12-17-8-9(20-12)7-16-10-5-3-4-6-11(10)21(18,19)13(14)15/h3-6,8,13,16H,2,7H2,1H3. The summed E-state index contributed by atoms with van der Waals surface area (Å²) in [7, 11) is -4.62. The lowest BCUT2D eigenvalue weighted by Gasteiger charge is -2.11. The van der Waals surface area contributed by atoms with Crippen molar-refractivity contribution < 1.29 is 17.2 Å². The van der Waals surface area contributed by atoms with E-state index in [1.54, 1.807) is 12.3 Å². The van der Waals surface area contributed by atoms with Gasteiger partial charge in [-0.15, -0.1) is 11.3 Å². The normalized spacial score (nSPS) is 11.8. The Hall–Kier alpha value is -1.54. The molecule has 0 aliphatic carbocycles. The molecular formula is C13H14F2N2O2S2. The van der Waals surface area contributed by atoms with Crippen LogP contribution in [0.15, 0.2) is 35.4 Å². The van der Waals surface area contributed by atoms with Crippen molar-refractivity contribution >= 4 is 26.9 Å². The van der Waals surface area contributed by atoms with Gasteiger partial charge in [0.1, 0.15) is 0 Å². The molecule has 1 heterocycles. The van der Waals surface area contributed by atoms with E-state index in [9.17, 15) is 17.2 Å². The first kappa shape index (κ1) is 15.8. The first-order chi connectivity index (χ1) is 9.95. The van der Waals surface area contributed by atoms with Gasteiger partial charge in [-0.3, -0.25) is 0 Å². The fraction of sp³-hybridized carbons (Fsp3) is 0.308. The number of nitrogens with zero attached hydrogens (tertiary/aromatic N) is 1. The minimum atomic E-state index is -4.62. The van der Waals surface area contributed by atoms with Gasteiger partial charge in [-0.05, 0) is 18.6 Å². The second kappa shape index (κ2) is 6.48. The van der Waals surface area contributed by atoms with Gasteiger partial charge >= 0.3 is 5.76 Å². The highest BCUT2D eigenvalue weighted by molar-refractivity contribution is 7.91. The molecule has 1 N–H and O–H groups in total. The summed E-state index contributed by atoms with van der Waals surface area (Å²) in [5, 5.41) is 3.86. The summed E-state index contributed by atoms with van der Waals surface area (Å²) < 4.78 is 48.6. The predicted octanol–water partition coefficient (Wildman–Crippen LogP) is 3.31. The average molecular weight is 332 g/mol. The Morgan fingerprint density at radius 3 is 2.67 bits per heavy atom. The Balaban J connectivity index is 2.21. The number of rotatable bonds is 6. The van der Waals surface area contributed by atoms with Crippen LogP contribution in [0.5, 0.6) is 0 Å². The van der Waals surface area contributed by atoms with Crippen molar-refractivity contribution in [2.24, 2.45) is 0 Å². The van der Waals surface area contributed by atoms with Gasteiger partial charge in [0, 0.05) is 11.1 Å². The summed E-state index contributed by atoms with van der Waals surface area (Å²) in [4.78, 5) is 4.71. The number of benzene rings is 1. The van der Waals surface area contributed by atoms with Crippen LogP contribution in [-0.4, -0.2) is 19.2 Å². The molecule has 21 heavy (non-hydrogen) atoms. The number of anilines is 1. The largest absolute Gasteiger partial charge is 0.379 e. The monoisotopic (exact) mass is 332 g/mol. The zero-order chi connectivity index (χ0) is 15.5. The lowest BCUT2D eigenvalue weighted by Crippen LogP contribution is -2.14. The lowest BCUT2D eigenvalue weighted by atomic mass is 10.3. The van der Waals surface area contributed by atoms with E-state index >= 15 is 0 Å². The molecule has 0 radical (unpaired) electrons. The van der Waals surface area contributed by atoms with Crippen LogP contribution in [-0.2, 0) is 22.8 Å². The van der Waals surface area contributed by atoms with Crippen molar-refractivity contribution in [1.82, 2.24) is 4.98 Å². The highest BCUT2D eigenvalue weighted by atomic mass is 32.2. The van der Waals surface area contributed by atoms with Gasteiger partial charge < -0.3 is 5.32 Å². The van der Waals surface area contributed by atoms with Crippen LogP contribution < -0.4 is 5.32 Å². The van der Waals surface area contributed by atoms with Gasteiger partial charge in [0.25, 0.3) is 0 Å². The van der Waals surface area contributed by atoms with Crippen LogP contribution in [0.25, 0.3) is 0 Å². The molecule has 0 amide bonds. The number of hydrogen-bond acceptors (Lipinski definition) is 5. The number of nitrogens with one attached hydrogen (secondary N) is 1. The summed E-state index contributed by atoms with van der Waals surface area (Å²) in [5.41, 5.74) is 0.171. The molecular weight excluding hydrogens is 318 g/mol. The molecule has 1 aromatic heterocycles. The molecule has 1 aromatic carbocycles. The number of aromatic nitrogens is 1. The Kier molecular flexibility index (Phi) is 4.89. The second-order valence-corrected chi connectivity index (χ2v) is 7.32. The summed E-state index contributed by atoms with van der Waals surface area (Å²) in [5.74, 6) is -3.43. The zero-order valence-electron chi connectivity index (χ0n) is 11.2. The van der Waals surface area contributed by atoms with E-state index in [1.807, 2.05) is 6.92 Å². The number of hydrogen-bond donors (Lipinski definition) is 1. The van der Waals surface area contributed by atoms with Crippen molar-refractivity contribution in [2.45, 2.75) is 30.5 Å². The number of sulfone groups is 1. The van der Waals surface area contributed by atoms with Crippen molar-refractivity contribution in [3.8, 4) is 0 Å². The van der Waals surface area contributed by atoms with E-state index in [4.69, 9.17) is 0 Å². The van der Waals surface area contributed by atoms with E-state index in [-0.39, 0.29) is 10.6 Å². The summed E-state index contributed by atoms with van der Waals surface area (Å²) in [6, 6.07) is 5.66. The van der Waals surface area contributed by atoms with Gasteiger partial charge in [0.05, 0.1) is 22.1 Å². The van der Waals surface area contributed by atoms with Gasteiger partial charge in [-0.25, -0.2) is 13.4 Å². The third kappa shape index (κ3) is 3.56. The smallest absolute Gasteiger partial charge is 0.341 e. The third-order valence-electron chi connectivity index (χ3n) is 2.79. The molecule has 0 aliphatic rings. The van der Waals surface area contributed by atoms with Gasteiger partial charge in [-0.1, -0.05) is 19.1 Å². The van der Waals surface area contributed by atoms with Gasteiger partial charge in [0.2, 0.25) is 9.84 Å². The molecule has 0 atom stereocenters. The molecule has 0 saturated heterocycles. The first-order valence-corrected chi connectivity index (χ1v) is 8.60. The highest BCUT2D eigenvalue weighted by Gasteiger charge is 2.28. The quantitative estimate of drug-likeness (QED) is 0.882. The van der Waals surface area contributed by atoms with Crippen molar-refractivity contribution in [3.63, 3.8) is 0 Å². The third-order valence-corrected chi connectivity index (χ3v) is 5.36. The SMILES string of the molecule is CCc1ncc(CNc2ccccc2S(=O)(=O)C(F)F)s1. The fourth-order valence-corrected chi connectivity index (χ4v) is 3.44. The van der Waals surface area contributed by atoms with E-state index in [1.165, 1.54) is 29.5 Å². The van der Waals surface area contributed by atoms with Gasteiger partial charge in [0.15, 0.2) is 0 Å². The molecule has 114 valence electrons. The molecule has 2 rings (SSSR count). The van der Waals surface area contributed by atoms with Crippen LogP contribution in [0.2, 0.25) is 0 Å². The van der Waals surface area contributed by atoms with Crippen LogP contribution in [0.1, 0.15) is 16.8 Å². The Morgan fingerprint density at radius 1 is 1.33 bits per heavy atom. The van der Waals surface area contributed by atoms with Crippen molar-refractivity contribution in [3.05, 3.63) is 40.3 Å². The second-order valence-electron chi connectivity index (χ2n) is 4.23. The lowest BCUT2D eigenvalue weighted by molar-refractivity contribution is 0.235. The summed E-state index contributed by atoms with van der Waals surface area (Å²) >= 11 is 1.50. The zero-order valence-corrected chi connectivity index (χ0v) is 12.8. The minimum absolute atomic E-state index is 0.171.